The molecule has 0 unspecified atom stereocenters. The van der Waals surface area contributed by atoms with Crippen molar-refractivity contribution in [3.05, 3.63) is 150 Å². The fourth-order valence-electron chi connectivity index (χ4n) is 9.39. The molecule has 0 amide bonds. The van der Waals surface area contributed by atoms with Gasteiger partial charge in [0.15, 0.2) is 5.82 Å². The van der Waals surface area contributed by atoms with Crippen LogP contribution in [0.4, 0.5) is 0 Å². The van der Waals surface area contributed by atoms with Crippen LogP contribution in [0.5, 0.6) is 0 Å². The summed E-state index contributed by atoms with van der Waals surface area (Å²) >= 11 is 1.76. The maximum absolute atomic E-state index is 6.76. The summed E-state index contributed by atoms with van der Waals surface area (Å²) in [4.78, 5) is 10.3. The number of thiophene rings is 1. The lowest BCUT2D eigenvalue weighted by Crippen LogP contribution is -2.24. The molecule has 1 fully saturated rings. The third-order valence-electron chi connectivity index (χ3n) is 11.8. The molecule has 52 heavy (non-hydrogen) atoms. The zero-order chi connectivity index (χ0) is 34.2. The zero-order valence-corrected chi connectivity index (χ0v) is 29.7. The Kier molecular flexibility index (Phi) is 6.78. The zero-order valence-electron chi connectivity index (χ0n) is 28.9. The van der Waals surface area contributed by atoms with Crippen LogP contribution < -0.4 is 0 Å². The molecule has 5 aromatic carbocycles. The van der Waals surface area contributed by atoms with Gasteiger partial charge in [-0.05, 0) is 83.0 Å². The van der Waals surface area contributed by atoms with Crippen LogP contribution in [0.2, 0.25) is 0 Å². The molecular weight excluding hydrogens is 653 g/mol. The number of furan rings is 1. The minimum absolute atomic E-state index is 0.126. The summed E-state index contributed by atoms with van der Waals surface area (Å²) in [7, 11) is 0. The smallest absolute Gasteiger partial charge is 0.160 e. The normalized spacial score (nSPS) is 16.6. The molecule has 3 aliphatic rings. The Labute approximate surface area is 306 Å². The second-order valence-corrected chi connectivity index (χ2v) is 15.7. The van der Waals surface area contributed by atoms with E-state index >= 15 is 0 Å². The Morgan fingerprint density at radius 1 is 0.654 bits per heavy atom. The lowest BCUT2D eigenvalue weighted by molar-refractivity contribution is 0.455. The molecule has 0 aliphatic heterocycles. The second kappa shape index (κ2) is 11.7. The Hall–Kier alpha value is -5.58. The maximum Gasteiger partial charge on any atom is 0.160 e. The molecule has 3 nitrogen and oxygen atoms in total. The highest BCUT2D eigenvalue weighted by atomic mass is 32.1. The van der Waals surface area contributed by atoms with E-state index in [0.29, 0.717) is 0 Å². The summed E-state index contributed by atoms with van der Waals surface area (Å²) in [5, 5.41) is 3.42. The Balaban J connectivity index is 1.06. The van der Waals surface area contributed by atoms with E-state index in [-0.39, 0.29) is 5.41 Å². The van der Waals surface area contributed by atoms with Crippen LogP contribution in [0.1, 0.15) is 56.1 Å². The van der Waals surface area contributed by atoms with Gasteiger partial charge in [0.05, 0.1) is 15.9 Å². The van der Waals surface area contributed by atoms with E-state index in [1.807, 2.05) is 18.2 Å². The molecule has 4 heteroatoms. The van der Waals surface area contributed by atoms with E-state index in [4.69, 9.17) is 14.4 Å². The Morgan fingerprint density at radius 3 is 2.27 bits per heavy atom. The molecule has 0 N–H and O–H groups in total. The van der Waals surface area contributed by atoms with Gasteiger partial charge in [-0.15, -0.1) is 11.3 Å². The van der Waals surface area contributed by atoms with Crippen molar-refractivity contribution in [3.63, 3.8) is 0 Å². The van der Waals surface area contributed by atoms with E-state index in [9.17, 15) is 0 Å². The highest BCUT2D eigenvalue weighted by Crippen LogP contribution is 2.58. The number of fused-ring (bicyclic) bond motifs is 11. The lowest BCUT2D eigenvalue weighted by Gasteiger charge is -2.31. The van der Waals surface area contributed by atoms with Crippen molar-refractivity contribution < 1.29 is 4.42 Å². The Morgan fingerprint density at radius 2 is 1.42 bits per heavy atom. The number of nitrogens with zero attached hydrogens (tertiary/aromatic N) is 2. The highest BCUT2D eigenvalue weighted by molar-refractivity contribution is 7.26. The molecule has 0 atom stereocenters. The van der Waals surface area contributed by atoms with E-state index in [0.717, 1.165) is 66.6 Å². The molecule has 1 saturated carbocycles. The van der Waals surface area contributed by atoms with E-state index in [1.54, 1.807) is 16.9 Å². The maximum atomic E-state index is 6.76. The van der Waals surface area contributed by atoms with Crippen LogP contribution in [0.25, 0.3) is 81.6 Å². The van der Waals surface area contributed by atoms with Crippen LogP contribution in [0.3, 0.4) is 0 Å². The molecule has 3 heterocycles. The number of rotatable bonds is 3. The van der Waals surface area contributed by atoms with Crippen LogP contribution in [-0.2, 0) is 5.41 Å². The lowest BCUT2D eigenvalue weighted by atomic mass is 9.72. The van der Waals surface area contributed by atoms with E-state index < -0.39 is 0 Å². The van der Waals surface area contributed by atoms with Gasteiger partial charge in [-0.3, -0.25) is 0 Å². The highest BCUT2D eigenvalue weighted by Gasteiger charge is 2.46. The largest absolute Gasteiger partial charge is 0.456 e. The molecule has 11 rings (SSSR count). The van der Waals surface area contributed by atoms with Gasteiger partial charge >= 0.3 is 0 Å². The van der Waals surface area contributed by atoms with Gasteiger partial charge in [0.25, 0.3) is 0 Å². The van der Waals surface area contributed by atoms with Crippen LogP contribution in [-0.4, -0.2) is 9.97 Å². The van der Waals surface area contributed by atoms with Crippen molar-refractivity contribution in [3.8, 4) is 33.8 Å². The van der Waals surface area contributed by atoms with Gasteiger partial charge in [0, 0.05) is 37.4 Å². The van der Waals surface area contributed by atoms with Crippen LogP contribution in [0, 0.1) is 0 Å². The second-order valence-electron chi connectivity index (χ2n) is 14.6. The van der Waals surface area contributed by atoms with Crippen molar-refractivity contribution in [2.45, 2.75) is 50.4 Å². The summed E-state index contributed by atoms with van der Waals surface area (Å²) in [5.41, 5.74) is 14.3. The van der Waals surface area contributed by atoms with Gasteiger partial charge in [-0.2, -0.15) is 0 Å². The predicted molar refractivity (Wildman–Crippen MR) is 218 cm³/mol. The fraction of sp³-hybridized carbons (Fsp3) is 0.167. The topological polar surface area (TPSA) is 38.9 Å². The standard InChI is InChI=1S/C48H36N2OS/c1-2-12-27-48(26-11-1)38-19-8-4-7-16-36(38)43-33(18-13-20-39(43)48)31-22-24-34-35-25-23-32(29-41(35)51-40(34)28-31)44-46-45(37-17-9-10-21-42(37)52-46)50-47(49-44)30-14-5-3-6-15-30/h3-7,9-10,13-25,28-29H,1-2,8,11-12,26-27H2. The quantitative estimate of drug-likeness (QED) is 0.185. The minimum atomic E-state index is 0.126. The van der Waals surface area contributed by atoms with Gasteiger partial charge in [0.2, 0.25) is 0 Å². The molecule has 3 aromatic heterocycles. The third-order valence-corrected chi connectivity index (χ3v) is 12.9. The molecular formula is C48H36N2OS. The van der Waals surface area contributed by atoms with Crippen molar-refractivity contribution >= 4 is 59.2 Å². The molecule has 0 bridgehead atoms. The molecule has 1 spiro atoms. The monoisotopic (exact) mass is 688 g/mol. The van der Waals surface area contributed by atoms with Crippen molar-refractivity contribution in [2.24, 2.45) is 0 Å². The van der Waals surface area contributed by atoms with Crippen LogP contribution in [0.15, 0.2) is 143 Å². The summed E-state index contributed by atoms with van der Waals surface area (Å²) in [6, 6.07) is 39.2. The van der Waals surface area contributed by atoms with Gasteiger partial charge in [0.1, 0.15) is 11.2 Å². The Bertz CT molecular complexity index is 2820. The first-order chi connectivity index (χ1) is 25.7. The number of allylic oxidation sites excluding steroid dienone is 6. The molecule has 0 saturated heterocycles. The molecule has 250 valence electrons. The molecule has 8 aromatic rings. The number of hydrogen-bond donors (Lipinski definition) is 0. The summed E-state index contributed by atoms with van der Waals surface area (Å²) in [6.45, 7) is 0. The average molecular weight is 689 g/mol. The number of benzene rings is 5. The first-order valence-electron chi connectivity index (χ1n) is 18.7. The number of hydrogen-bond acceptors (Lipinski definition) is 4. The summed E-state index contributed by atoms with van der Waals surface area (Å²) < 4.78 is 9.07. The van der Waals surface area contributed by atoms with E-state index in [2.05, 4.69) is 115 Å². The summed E-state index contributed by atoms with van der Waals surface area (Å²) in [5.74, 6) is 0.735. The third kappa shape index (κ3) is 4.50. The minimum Gasteiger partial charge on any atom is -0.456 e. The first kappa shape index (κ1) is 30.1. The SMILES string of the molecule is C1=CCC=C2C(=C1)c1c(-c3ccc4c(c3)oc3cc(-c5nc(-c6ccccc6)nc6c5sc5ccccc56)ccc34)cccc1C21CCCCCC1. The van der Waals surface area contributed by atoms with E-state index in [1.165, 1.54) is 71.1 Å². The van der Waals surface area contributed by atoms with Crippen molar-refractivity contribution in [1.29, 1.82) is 0 Å². The fourth-order valence-corrected chi connectivity index (χ4v) is 10.5. The van der Waals surface area contributed by atoms with Gasteiger partial charge < -0.3 is 4.42 Å². The predicted octanol–water partition coefficient (Wildman–Crippen LogP) is 13.6. The van der Waals surface area contributed by atoms with Gasteiger partial charge in [-0.1, -0.05) is 129 Å². The van der Waals surface area contributed by atoms with Crippen molar-refractivity contribution in [1.82, 2.24) is 9.97 Å². The molecule has 0 radical (unpaired) electrons. The van der Waals surface area contributed by atoms with Crippen LogP contribution >= 0.6 is 11.3 Å². The van der Waals surface area contributed by atoms with Gasteiger partial charge in [-0.25, -0.2) is 9.97 Å². The molecule has 3 aliphatic carbocycles. The summed E-state index contributed by atoms with van der Waals surface area (Å²) in [6.07, 6.45) is 18.2. The first-order valence-corrected chi connectivity index (χ1v) is 19.5. The number of aromatic nitrogens is 2. The average Bonchev–Trinajstić information content (AvgIpc) is 3.64. The van der Waals surface area contributed by atoms with Crippen molar-refractivity contribution in [2.75, 3.05) is 0 Å².